The third-order valence-corrected chi connectivity index (χ3v) is 4.30. The van der Waals surface area contributed by atoms with Crippen molar-refractivity contribution >= 4 is 11.6 Å². The molecule has 8 heteroatoms. The van der Waals surface area contributed by atoms with E-state index in [0.717, 1.165) is 6.42 Å². The van der Waals surface area contributed by atoms with E-state index in [4.69, 9.17) is 0 Å². The molecule has 2 N–H and O–H groups in total. The number of aromatic amines is 1. The molecule has 2 atom stereocenters. The molecule has 0 bridgehead atoms. The van der Waals surface area contributed by atoms with Gasteiger partial charge in [0.2, 0.25) is 0 Å². The fourth-order valence-electron chi connectivity index (χ4n) is 3.17. The van der Waals surface area contributed by atoms with Crippen molar-refractivity contribution in [2.24, 2.45) is 11.0 Å². The van der Waals surface area contributed by atoms with Crippen LogP contribution >= 0.6 is 0 Å². The quantitative estimate of drug-likeness (QED) is 0.836. The Bertz CT molecular complexity index is 597. The molecule has 1 aromatic rings. The number of alkyl halides is 3. The second kappa shape index (κ2) is 5.12. The van der Waals surface area contributed by atoms with Crippen LogP contribution in [0.4, 0.5) is 13.2 Å². The number of rotatable bonds is 1. The molecule has 1 aliphatic heterocycles. The molecule has 0 spiro atoms. The SMILES string of the molecule is O=C(c1ccc[nH]1)N1N=C2CCCCC[C@@H]2[C@@]1(O)C(F)(F)F. The van der Waals surface area contributed by atoms with Gasteiger partial charge in [0.25, 0.3) is 11.6 Å². The number of aliphatic hydroxyl groups is 1. The maximum Gasteiger partial charge on any atom is 0.439 e. The Morgan fingerprint density at radius 1 is 1.41 bits per heavy atom. The number of hydrogen-bond donors (Lipinski definition) is 2. The highest BCUT2D eigenvalue weighted by Crippen LogP contribution is 2.47. The molecule has 5 nitrogen and oxygen atoms in total. The van der Waals surface area contributed by atoms with Gasteiger partial charge in [-0.3, -0.25) is 4.79 Å². The molecule has 120 valence electrons. The number of nitrogens with zero attached hydrogens (tertiary/aromatic N) is 2. The standard InChI is InChI=1S/C14H16F3N3O2/c15-14(16,17)13(22)9-5-2-1-3-6-10(9)19-20(13)12(21)11-7-4-8-18-11/h4,7-9,18,22H,1-3,5-6H2/t9-,13+/m0/s1. The maximum atomic E-state index is 13.6. The monoisotopic (exact) mass is 315 g/mol. The lowest BCUT2D eigenvalue weighted by molar-refractivity contribution is -0.312. The molecule has 2 aliphatic rings. The molecular weight excluding hydrogens is 299 g/mol. The number of aromatic nitrogens is 1. The van der Waals surface area contributed by atoms with E-state index in [1.807, 2.05) is 0 Å². The van der Waals surface area contributed by atoms with Gasteiger partial charge in [0.1, 0.15) is 5.69 Å². The largest absolute Gasteiger partial charge is 0.439 e. The summed E-state index contributed by atoms with van der Waals surface area (Å²) in [5.74, 6) is -2.17. The van der Waals surface area contributed by atoms with Crippen molar-refractivity contribution in [2.75, 3.05) is 0 Å². The van der Waals surface area contributed by atoms with Crippen LogP contribution < -0.4 is 0 Å². The van der Waals surface area contributed by atoms with Gasteiger partial charge >= 0.3 is 6.18 Å². The van der Waals surface area contributed by atoms with Crippen LogP contribution in [0.1, 0.15) is 42.6 Å². The summed E-state index contributed by atoms with van der Waals surface area (Å²) in [6.45, 7) is 0. The first kappa shape index (κ1) is 15.1. The van der Waals surface area contributed by atoms with E-state index < -0.39 is 23.7 Å². The summed E-state index contributed by atoms with van der Waals surface area (Å²) in [5.41, 5.74) is -3.05. The smallest absolute Gasteiger partial charge is 0.362 e. The van der Waals surface area contributed by atoms with Gasteiger partial charge in [0, 0.05) is 11.9 Å². The summed E-state index contributed by atoms with van der Waals surface area (Å²) < 4.78 is 40.7. The summed E-state index contributed by atoms with van der Waals surface area (Å²) in [7, 11) is 0. The van der Waals surface area contributed by atoms with Crippen LogP contribution in [-0.2, 0) is 0 Å². The highest BCUT2D eigenvalue weighted by atomic mass is 19.4. The fraction of sp³-hybridized carbons (Fsp3) is 0.571. The molecule has 0 aromatic carbocycles. The zero-order valence-corrected chi connectivity index (χ0v) is 11.7. The first-order chi connectivity index (χ1) is 10.4. The van der Waals surface area contributed by atoms with E-state index in [9.17, 15) is 23.1 Å². The minimum atomic E-state index is -4.98. The molecule has 0 unspecified atom stereocenters. The van der Waals surface area contributed by atoms with Crippen LogP contribution in [0.5, 0.6) is 0 Å². The predicted octanol–water partition coefficient (Wildman–Crippen LogP) is 2.66. The highest BCUT2D eigenvalue weighted by molar-refractivity contribution is 5.98. The van der Waals surface area contributed by atoms with E-state index in [2.05, 4.69) is 10.1 Å². The number of hydrazone groups is 1. The minimum absolute atomic E-state index is 0.0384. The highest BCUT2D eigenvalue weighted by Gasteiger charge is 2.68. The summed E-state index contributed by atoms with van der Waals surface area (Å²) in [5, 5.41) is 14.5. The molecule has 2 heterocycles. The van der Waals surface area contributed by atoms with Gasteiger partial charge in [0.15, 0.2) is 0 Å². The molecular formula is C14H16F3N3O2. The van der Waals surface area contributed by atoms with E-state index in [-0.39, 0.29) is 22.8 Å². The number of nitrogens with one attached hydrogen (secondary N) is 1. The van der Waals surface area contributed by atoms with Crippen molar-refractivity contribution in [2.45, 2.75) is 44.0 Å². The molecule has 0 radical (unpaired) electrons. The van der Waals surface area contributed by atoms with Gasteiger partial charge in [-0.25, -0.2) is 0 Å². The van der Waals surface area contributed by atoms with Gasteiger partial charge in [0.05, 0.1) is 5.92 Å². The molecule has 0 saturated heterocycles. The van der Waals surface area contributed by atoms with Crippen molar-refractivity contribution in [3.8, 4) is 0 Å². The Balaban J connectivity index is 2.04. The lowest BCUT2D eigenvalue weighted by atomic mass is 9.87. The van der Waals surface area contributed by atoms with Gasteiger partial charge in [-0.15, -0.1) is 0 Å². The maximum absolute atomic E-state index is 13.6. The molecule has 22 heavy (non-hydrogen) atoms. The van der Waals surface area contributed by atoms with Crippen molar-refractivity contribution in [1.29, 1.82) is 0 Å². The van der Waals surface area contributed by atoms with Crippen LogP contribution in [0, 0.1) is 5.92 Å². The molecule has 1 amide bonds. The Labute approximate surface area is 124 Å². The van der Waals surface area contributed by atoms with Crippen LogP contribution in [0.15, 0.2) is 23.4 Å². The number of H-pyrrole nitrogens is 1. The van der Waals surface area contributed by atoms with Crippen molar-refractivity contribution in [3.05, 3.63) is 24.0 Å². The number of carbonyl (C=O) groups is 1. The van der Waals surface area contributed by atoms with E-state index >= 15 is 0 Å². The second-order valence-electron chi connectivity index (χ2n) is 5.67. The summed E-state index contributed by atoms with van der Waals surface area (Å²) in [6.07, 6.45) is -0.911. The average molecular weight is 315 g/mol. The van der Waals surface area contributed by atoms with Gasteiger partial charge < -0.3 is 10.1 Å². The zero-order valence-electron chi connectivity index (χ0n) is 11.7. The average Bonchev–Trinajstić information content (AvgIpc) is 3.00. The van der Waals surface area contributed by atoms with Crippen LogP contribution in [-0.4, -0.2) is 38.6 Å². The van der Waals surface area contributed by atoms with Gasteiger partial charge in [-0.2, -0.15) is 23.3 Å². The Kier molecular flexibility index (Phi) is 3.51. The van der Waals surface area contributed by atoms with E-state index in [0.29, 0.717) is 19.3 Å². The minimum Gasteiger partial charge on any atom is -0.362 e. The molecule has 1 aromatic heterocycles. The summed E-state index contributed by atoms with van der Waals surface area (Å²) in [4.78, 5) is 14.9. The third-order valence-electron chi connectivity index (χ3n) is 4.30. The number of halogens is 3. The lowest BCUT2D eigenvalue weighted by Gasteiger charge is -2.36. The van der Waals surface area contributed by atoms with Crippen molar-refractivity contribution in [1.82, 2.24) is 9.99 Å². The number of fused-ring (bicyclic) bond motifs is 1. The first-order valence-electron chi connectivity index (χ1n) is 7.20. The summed E-state index contributed by atoms with van der Waals surface area (Å²) in [6, 6.07) is 2.86. The molecule has 3 rings (SSSR count). The number of carbonyl (C=O) groups excluding carboxylic acids is 1. The van der Waals surface area contributed by atoms with Crippen LogP contribution in [0.25, 0.3) is 0 Å². The third kappa shape index (κ3) is 2.13. The van der Waals surface area contributed by atoms with E-state index in [1.165, 1.54) is 18.3 Å². The normalized spacial score (nSPS) is 29.0. The molecule has 1 fully saturated rings. The zero-order chi connectivity index (χ0) is 16.0. The van der Waals surface area contributed by atoms with E-state index in [1.54, 1.807) is 0 Å². The molecule has 1 saturated carbocycles. The predicted molar refractivity (Wildman–Crippen MR) is 72.0 cm³/mol. The number of hydrogen-bond acceptors (Lipinski definition) is 3. The van der Waals surface area contributed by atoms with Crippen molar-refractivity contribution < 1.29 is 23.1 Å². The lowest BCUT2D eigenvalue weighted by Crippen LogP contribution is -2.61. The Morgan fingerprint density at radius 3 is 2.82 bits per heavy atom. The van der Waals surface area contributed by atoms with Gasteiger partial charge in [-0.1, -0.05) is 12.8 Å². The Hall–Kier alpha value is -1.83. The van der Waals surface area contributed by atoms with Gasteiger partial charge in [-0.05, 0) is 31.4 Å². The summed E-state index contributed by atoms with van der Waals surface area (Å²) >= 11 is 0. The van der Waals surface area contributed by atoms with Crippen molar-refractivity contribution in [3.63, 3.8) is 0 Å². The van der Waals surface area contributed by atoms with Crippen LogP contribution in [0.3, 0.4) is 0 Å². The fourth-order valence-corrected chi connectivity index (χ4v) is 3.17. The topological polar surface area (TPSA) is 68.7 Å². The Morgan fingerprint density at radius 2 is 2.18 bits per heavy atom. The molecule has 1 aliphatic carbocycles. The first-order valence-corrected chi connectivity index (χ1v) is 7.20. The number of amides is 1. The van der Waals surface area contributed by atoms with Crippen LogP contribution in [0.2, 0.25) is 0 Å². The second-order valence-corrected chi connectivity index (χ2v) is 5.67.